The number of methoxy groups -OCH3 is 1. The highest BCUT2D eigenvalue weighted by molar-refractivity contribution is 5.35. The molecule has 1 aliphatic rings. The highest BCUT2D eigenvalue weighted by Gasteiger charge is 2.33. The topological polar surface area (TPSA) is 47.0 Å². The number of rotatable bonds is 3. The molecule has 1 N–H and O–H groups in total. The molecule has 2 atom stereocenters. The van der Waals surface area contributed by atoms with Crippen molar-refractivity contribution in [1.29, 1.82) is 0 Å². The standard InChI is InChI=1S/C11H14F3N3O/c1-18-8-4-2-3-7(8)15-10-6-5-9(16-17-10)11(12,13)14/h5-8H,2-4H2,1H3,(H,15,17). The van der Waals surface area contributed by atoms with Crippen LogP contribution in [0.1, 0.15) is 25.0 Å². The Labute approximate surface area is 103 Å². The molecular weight excluding hydrogens is 247 g/mol. The molecule has 7 heteroatoms. The number of halogens is 3. The third-order valence-electron chi connectivity index (χ3n) is 3.04. The van der Waals surface area contributed by atoms with Gasteiger partial charge in [-0.3, -0.25) is 0 Å². The van der Waals surface area contributed by atoms with Crippen LogP contribution < -0.4 is 5.32 Å². The molecule has 0 bridgehead atoms. The summed E-state index contributed by atoms with van der Waals surface area (Å²) >= 11 is 0. The van der Waals surface area contributed by atoms with Gasteiger partial charge in [-0.1, -0.05) is 0 Å². The van der Waals surface area contributed by atoms with E-state index in [1.807, 2.05) is 0 Å². The van der Waals surface area contributed by atoms with Gasteiger partial charge in [0.1, 0.15) is 5.82 Å². The van der Waals surface area contributed by atoms with E-state index in [4.69, 9.17) is 4.74 Å². The average molecular weight is 261 g/mol. The number of alkyl halides is 3. The van der Waals surface area contributed by atoms with Gasteiger partial charge < -0.3 is 10.1 Å². The smallest absolute Gasteiger partial charge is 0.379 e. The zero-order chi connectivity index (χ0) is 13.2. The Balaban J connectivity index is 2.02. The average Bonchev–Trinajstić information content (AvgIpc) is 2.76. The van der Waals surface area contributed by atoms with Crippen molar-refractivity contribution < 1.29 is 17.9 Å². The van der Waals surface area contributed by atoms with Crippen LogP contribution in [0.25, 0.3) is 0 Å². The second kappa shape index (κ2) is 5.09. The molecule has 18 heavy (non-hydrogen) atoms. The Morgan fingerprint density at radius 3 is 2.61 bits per heavy atom. The lowest BCUT2D eigenvalue weighted by Crippen LogP contribution is -2.30. The van der Waals surface area contributed by atoms with Gasteiger partial charge in [-0.05, 0) is 31.4 Å². The van der Waals surface area contributed by atoms with Crippen LogP contribution in [-0.4, -0.2) is 29.5 Å². The summed E-state index contributed by atoms with van der Waals surface area (Å²) < 4.78 is 42.2. The van der Waals surface area contributed by atoms with Gasteiger partial charge >= 0.3 is 6.18 Å². The van der Waals surface area contributed by atoms with E-state index in [2.05, 4.69) is 15.5 Å². The minimum atomic E-state index is -4.45. The number of anilines is 1. The van der Waals surface area contributed by atoms with Crippen LogP contribution in [0.4, 0.5) is 19.0 Å². The van der Waals surface area contributed by atoms with E-state index in [1.54, 1.807) is 7.11 Å². The summed E-state index contributed by atoms with van der Waals surface area (Å²) in [6.45, 7) is 0. The third-order valence-corrected chi connectivity index (χ3v) is 3.04. The first-order chi connectivity index (χ1) is 8.50. The van der Waals surface area contributed by atoms with Crippen molar-refractivity contribution in [2.75, 3.05) is 12.4 Å². The van der Waals surface area contributed by atoms with Gasteiger partial charge in [0.05, 0.1) is 12.1 Å². The molecule has 0 aliphatic heterocycles. The molecule has 1 aromatic heterocycles. The van der Waals surface area contributed by atoms with Crippen molar-refractivity contribution in [2.24, 2.45) is 0 Å². The van der Waals surface area contributed by atoms with E-state index in [0.717, 1.165) is 25.3 Å². The molecule has 4 nitrogen and oxygen atoms in total. The molecule has 0 spiro atoms. The molecule has 0 radical (unpaired) electrons. The Hall–Kier alpha value is -1.37. The van der Waals surface area contributed by atoms with E-state index < -0.39 is 11.9 Å². The van der Waals surface area contributed by atoms with Crippen LogP contribution >= 0.6 is 0 Å². The Bertz CT molecular complexity index is 394. The quantitative estimate of drug-likeness (QED) is 0.908. The van der Waals surface area contributed by atoms with Gasteiger partial charge in [0.2, 0.25) is 0 Å². The van der Waals surface area contributed by atoms with Crippen molar-refractivity contribution in [3.63, 3.8) is 0 Å². The van der Waals surface area contributed by atoms with E-state index in [9.17, 15) is 13.2 Å². The molecule has 2 unspecified atom stereocenters. The predicted molar refractivity (Wildman–Crippen MR) is 59.1 cm³/mol. The van der Waals surface area contributed by atoms with Crippen molar-refractivity contribution in [1.82, 2.24) is 10.2 Å². The summed E-state index contributed by atoms with van der Waals surface area (Å²) in [6, 6.07) is 2.30. The zero-order valence-corrected chi connectivity index (χ0v) is 9.87. The fourth-order valence-corrected chi connectivity index (χ4v) is 2.12. The largest absolute Gasteiger partial charge is 0.435 e. The lowest BCUT2D eigenvalue weighted by molar-refractivity contribution is -0.141. The molecule has 0 amide bonds. The van der Waals surface area contributed by atoms with Gasteiger partial charge in [0.25, 0.3) is 0 Å². The molecule has 0 saturated heterocycles. The Kier molecular flexibility index (Phi) is 3.70. The maximum absolute atomic E-state index is 12.3. The number of ether oxygens (including phenoxy) is 1. The SMILES string of the molecule is COC1CCCC1Nc1ccc(C(F)(F)F)nn1. The highest BCUT2D eigenvalue weighted by atomic mass is 19.4. The number of nitrogens with one attached hydrogen (secondary N) is 1. The molecule has 0 aromatic carbocycles. The Morgan fingerprint density at radius 1 is 1.28 bits per heavy atom. The van der Waals surface area contributed by atoms with E-state index >= 15 is 0 Å². The number of nitrogens with zero attached hydrogens (tertiary/aromatic N) is 2. The molecule has 1 fully saturated rings. The lowest BCUT2D eigenvalue weighted by atomic mass is 10.2. The van der Waals surface area contributed by atoms with Crippen molar-refractivity contribution in [2.45, 2.75) is 37.6 Å². The van der Waals surface area contributed by atoms with Crippen LogP contribution in [-0.2, 0) is 10.9 Å². The first-order valence-electron chi connectivity index (χ1n) is 5.71. The summed E-state index contributed by atoms with van der Waals surface area (Å²) in [4.78, 5) is 0. The molecule has 2 rings (SSSR count). The van der Waals surface area contributed by atoms with Gasteiger partial charge in [0.15, 0.2) is 5.69 Å². The molecule has 1 aromatic rings. The lowest BCUT2D eigenvalue weighted by Gasteiger charge is -2.19. The highest BCUT2D eigenvalue weighted by Crippen LogP contribution is 2.28. The van der Waals surface area contributed by atoms with Crippen molar-refractivity contribution in [3.05, 3.63) is 17.8 Å². The molecular formula is C11H14F3N3O. The zero-order valence-electron chi connectivity index (χ0n) is 9.87. The minimum absolute atomic E-state index is 0.0779. The second-order valence-electron chi connectivity index (χ2n) is 4.26. The number of aromatic nitrogens is 2. The van der Waals surface area contributed by atoms with Crippen LogP contribution in [0.2, 0.25) is 0 Å². The van der Waals surface area contributed by atoms with E-state index in [1.165, 1.54) is 6.07 Å². The maximum Gasteiger partial charge on any atom is 0.435 e. The fraction of sp³-hybridized carbons (Fsp3) is 0.636. The first-order valence-corrected chi connectivity index (χ1v) is 5.71. The monoisotopic (exact) mass is 261 g/mol. The van der Waals surface area contributed by atoms with Crippen LogP contribution in [0.15, 0.2) is 12.1 Å². The normalized spacial score (nSPS) is 24.2. The van der Waals surface area contributed by atoms with Crippen molar-refractivity contribution >= 4 is 5.82 Å². The minimum Gasteiger partial charge on any atom is -0.379 e. The van der Waals surface area contributed by atoms with E-state index in [-0.39, 0.29) is 12.1 Å². The third kappa shape index (κ3) is 2.90. The van der Waals surface area contributed by atoms with Gasteiger partial charge in [-0.25, -0.2) is 0 Å². The molecule has 100 valence electrons. The summed E-state index contributed by atoms with van der Waals surface area (Å²) in [6.07, 6.45) is -1.48. The number of hydrogen-bond acceptors (Lipinski definition) is 4. The summed E-state index contributed by atoms with van der Waals surface area (Å²) in [5.74, 6) is 0.344. The van der Waals surface area contributed by atoms with Crippen LogP contribution in [0.3, 0.4) is 0 Å². The van der Waals surface area contributed by atoms with E-state index in [0.29, 0.717) is 5.82 Å². The van der Waals surface area contributed by atoms with Crippen LogP contribution in [0, 0.1) is 0 Å². The molecule has 1 saturated carbocycles. The molecule has 1 aliphatic carbocycles. The maximum atomic E-state index is 12.3. The first kappa shape index (κ1) is 13.1. The van der Waals surface area contributed by atoms with Gasteiger partial charge in [-0.15, -0.1) is 10.2 Å². The summed E-state index contributed by atoms with van der Waals surface area (Å²) in [7, 11) is 1.63. The van der Waals surface area contributed by atoms with Gasteiger partial charge in [-0.2, -0.15) is 13.2 Å². The van der Waals surface area contributed by atoms with Gasteiger partial charge in [0, 0.05) is 7.11 Å². The summed E-state index contributed by atoms with van der Waals surface area (Å²) in [5.41, 5.74) is -0.984. The molecule has 1 heterocycles. The van der Waals surface area contributed by atoms with Crippen LogP contribution in [0.5, 0.6) is 0 Å². The van der Waals surface area contributed by atoms with Crippen molar-refractivity contribution in [3.8, 4) is 0 Å². The number of hydrogen-bond donors (Lipinski definition) is 1. The second-order valence-corrected chi connectivity index (χ2v) is 4.26. The summed E-state index contributed by atoms with van der Waals surface area (Å²) in [5, 5.41) is 9.76. The fourth-order valence-electron chi connectivity index (χ4n) is 2.12. The predicted octanol–water partition coefficient (Wildman–Crippen LogP) is 2.47. The Morgan fingerprint density at radius 2 is 2.06 bits per heavy atom.